The molecule has 0 aliphatic heterocycles. The normalized spacial score (nSPS) is 49.2. The van der Waals surface area contributed by atoms with Crippen molar-refractivity contribution in [3.63, 3.8) is 0 Å². The van der Waals surface area contributed by atoms with Gasteiger partial charge in [0, 0.05) is 19.3 Å². The molecule has 0 aromatic heterocycles. The molecule has 3 N–H and O–H groups in total. The smallest absolute Gasteiger partial charge is 0.0494 e. The Morgan fingerprint density at radius 2 is 1.85 bits per heavy atom. The van der Waals surface area contributed by atoms with Crippen LogP contribution in [0.3, 0.4) is 0 Å². The van der Waals surface area contributed by atoms with Crippen molar-refractivity contribution >= 4 is 0 Å². The molecular formula is C23H42N2O. The van der Waals surface area contributed by atoms with E-state index < -0.39 is 0 Å². The summed E-state index contributed by atoms with van der Waals surface area (Å²) in [5, 5.41) is 0. The second kappa shape index (κ2) is 7.72. The molecule has 0 aromatic rings. The molecule has 4 aliphatic carbocycles. The summed E-state index contributed by atoms with van der Waals surface area (Å²) in [4.78, 5) is 0. The summed E-state index contributed by atoms with van der Waals surface area (Å²) in [6.07, 6.45) is 13.1. The van der Waals surface area contributed by atoms with E-state index in [9.17, 15) is 0 Å². The van der Waals surface area contributed by atoms with Gasteiger partial charge < -0.3 is 4.74 Å². The minimum atomic E-state index is 0.465. The summed E-state index contributed by atoms with van der Waals surface area (Å²) in [5.74, 6) is 12.5. The van der Waals surface area contributed by atoms with Crippen LogP contribution in [0.4, 0.5) is 0 Å². The van der Waals surface area contributed by atoms with Crippen molar-refractivity contribution < 1.29 is 4.74 Å². The van der Waals surface area contributed by atoms with Crippen molar-refractivity contribution in [3.8, 4) is 0 Å². The Kier molecular flexibility index (Phi) is 5.70. The van der Waals surface area contributed by atoms with Gasteiger partial charge in [-0.15, -0.1) is 0 Å². The first-order valence-electron chi connectivity index (χ1n) is 11.6. The van der Waals surface area contributed by atoms with Crippen LogP contribution in [0.2, 0.25) is 0 Å². The molecule has 3 heteroatoms. The highest BCUT2D eigenvalue weighted by atomic mass is 16.5. The molecule has 4 aliphatic rings. The molecular weight excluding hydrogens is 320 g/mol. The molecule has 0 radical (unpaired) electrons. The molecule has 3 nitrogen and oxygen atoms in total. The van der Waals surface area contributed by atoms with E-state index in [0.29, 0.717) is 11.5 Å². The van der Waals surface area contributed by atoms with Crippen LogP contribution in [0.15, 0.2) is 0 Å². The third-order valence-electron chi connectivity index (χ3n) is 9.56. The van der Waals surface area contributed by atoms with Crippen LogP contribution in [-0.4, -0.2) is 19.3 Å². The monoisotopic (exact) mass is 362 g/mol. The Morgan fingerprint density at radius 3 is 2.62 bits per heavy atom. The number of ether oxygens (including phenoxy) is 1. The first kappa shape index (κ1) is 19.2. The lowest BCUT2D eigenvalue weighted by atomic mass is 9.49. The zero-order chi connectivity index (χ0) is 18.3. The van der Waals surface area contributed by atoms with Crippen LogP contribution < -0.4 is 11.3 Å². The highest BCUT2D eigenvalue weighted by molar-refractivity contribution is 5.07. The van der Waals surface area contributed by atoms with Crippen molar-refractivity contribution in [2.75, 3.05) is 13.2 Å². The van der Waals surface area contributed by atoms with Gasteiger partial charge in [-0.25, -0.2) is 0 Å². The average Bonchev–Trinajstić information content (AvgIpc) is 3.02. The molecule has 0 amide bonds. The molecule has 9 atom stereocenters. The number of fused-ring (bicyclic) bond motifs is 5. The molecule has 4 fully saturated rings. The Hall–Kier alpha value is -0.120. The third kappa shape index (κ3) is 3.16. The van der Waals surface area contributed by atoms with Crippen LogP contribution in [0.25, 0.3) is 0 Å². The predicted octanol–water partition coefficient (Wildman–Crippen LogP) is 4.76. The fraction of sp³-hybridized carbons (Fsp3) is 1.00. The van der Waals surface area contributed by atoms with Crippen LogP contribution in [0.1, 0.15) is 78.6 Å². The van der Waals surface area contributed by atoms with Gasteiger partial charge in [0.2, 0.25) is 0 Å². The van der Waals surface area contributed by atoms with Gasteiger partial charge in [-0.1, -0.05) is 6.92 Å². The summed E-state index contributed by atoms with van der Waals surface area (Å²) >= 11 is 0. The SMILES string of the molecule is CCOCC1CCC2C(CCC3C2CCC2(C)C(C(C)NN)CCC32)C1. The van der Waals surface area contributed by atoms with E-state index in [1.54, 1.807) is 0 Å². The second-order valence-corrected chi connectivity index (χ2v) is 10.5. The molecule has 0 heterocycles. The summed E-state index contributed by atoms with van der Waals surface area (Å²) in [6.45, 7) is 8.95. The second-order valence-electron chi connectivity index (χ2n) is 10.5. The van der Waals surface area contributed by atoms with E-state index in [1.165, 1.54) is 57.8 Å². The molecule has 4 saturated carbocycles. The molecule has 0 spiro atoms. The van der Waals surface area contributed by atoms with E-state index >= 15 is 0 Å². The van der Waals surface area contributed by atoms with Crippen LogP contribution in [0.5, 0.6) is 0 Å². The molecule has 0 aromatic carbocycles. The van der Waals surface area contributed by atoms with Crippen LogP contribution in [0, 0.1) is 46.8 Å². The highest BCUT2D eigenvalue weighted by Gasteiger charge is 2.57. The van der Waals surface area contributed by atoms with Gasteiger partial charge in [0.05, 0.1) is 0 Å². The van der Waals surface area contributed by atoms with Crippen molar-refractivity contribution in [1.82, 2.24) is 5.43 Å². The Morgan fingerprint density at radius 1 is 1.04 bits per heavy atom. The number of hydrogen-bond donors (Lipinski definition) is 2. The number of nitrogens with one attached hydrogen (secondary N) is 1. The van der Waals surface area contributed by atoms with Crippen LogP contribution >= 0.6 is 0 Å². The summed E-state index contributed by atoms with van der Waals surface area (Å²) < 4.78 is 5.76. The van der Waals surface area contributed by atoms with E-state index in [1.807, 2.05) is 0 Å². The van der Waals surface area contributed by atoms with Crippen molar-refractivity contribution in [2.24, 2.45) is 52.7 Å². The summed E-state index contributed by atoms with van der Waals surface area (Å²) in [6, 6.07) is 0.465. The van der Waals surface area contributed by atoms with E-state index in [-0.39, 0.29) is 0 Å². The fourth-order valence-corrected chi connectivity index (χ4v) is 8.36. The zero-order valence-electron chi connectivity index (χ0n) is 17.4. The van der Waals surface area contributed by atoms with E-state index in [0.717, 1.165) is 54.6 Å². The fourth-order valence-electron chi connectivity index (χ4n) is 8.36. The van der Waals surface area contributed by atoms with Gasteiger partial charge in [0.1, 0.15) is 0 Å². The predicted molar refractivity (Wildman–Crippen MR) is 107 cm³/mol. The average molecular weight is 363 g/mol. The molecule has 0 bridgehead atoms. The lowest BCUT2D eigenvalue weighted by molar-refractivity contribution is -0.0754. The highest BCUT2D eigenvalue weighted by Crippen LogP contribution is 2.64. The quantitative estimate of drug-likeness (QED) is 0.547. The number of rotatable bonds is 5. The number of hydrazine groups is 1. The molecule has 4 rings (SSSR count). The first-order chi connectivity index (χ1) is 12.6. The Labute approximate surface area is 161 Å². The van der Waals surface area contributed by atoms with Gasteiger partial charge >= 0.3 is 0 Å². The maximum atomic E-state index is 5.84. The van der Waals surface area contributed by atoms with Gasteiger partial charge in [-0.3, -0.25) is 11.3 Å². The minimum absolute atomic E-state index is 0.465. The van der Waals surface area contributed by atoms with Gasteiger partial charge in [0.25, 0.3) is 0 Å². The topological polar surface area (TPSA) is 47.3 Å². The lowest BCUT2D eigenvalue weighted by Crippen LogP contribution is -2.51. The van der Waals surface area contributed by atoms with Gasteiger partial charge in [0.15, 0.2) is 0 Å². The van der Waals surface area contributed by atoms with E-state index in [4.69, 9.17) is 10.6 Å². The largest absolute Gasteiger partial charge is 0.381 e. The van der Waals surface area contributed by atoms with E-state index in [2.05, 4.69) is 26.2 Å². The molecule has 0 saturated heterocycles. The Bertz CT molecular complexity index is 483. The van der Waals surface area contributed by atoms with Crippen molar-refractivity contribution in [3.05, 3.63) is 0 Å². The Balaban J connectivity index is 1.44. The summed E-state index contributed by atoms with van der Waals surface area (Å²) in [7, 11) is 0. The number of hydrogen-bond acceptors (Lipinski definition) is 3. The lowest BCUT2D eigenvalue weighted by Gasteiger charge is -2.56. The number of nitrogens with two attached hydrogens (primary N) is 1. The van der Waals surface area contributed by atoms with Crippen molar-refractivity contribution in [2.45, 2.75) is 84.6 Å². The van der Waals surface area contributed by atoms with Gasteiger partial charge in [-0.05, 0) is 118 Å². The van der Waals surface area contributed by atoms with Gasteiger partial charge in [-0.2, -0.15) is 0 Å². The summed E-state index contributed by atoms with van der Waals surface area (Å²) in [5.41, 5.74) is 3.63. The molecule has 9 unspecified atom stereocenters. The first-order valence-corrected chi connectivity index (χ1v) is 11.6. The minimum Gasteiger partial charge on any atom is -0.381 e. The maximum Gasteiger partial charge on any atom is 0.0494 e. The molecule has 150 valence electrons. The maximum absolute atomic E-state index is 5.84. The third-order valence-corrected chi connectivity index (χ3v) is 9.56. The van der Waals surface area contributed by atoms with Crippen LogP contribution in [-0.2, 0) is 4.74 Å². The molecule has 26 heavy (non-hydrogen) atoms. The standard InChI is InChI=1S/C23H42N2O/c1-4-26-14-16-5-7-18-17(13-16)6-8-20-19(18)11-12-23(3)21(15(2)25-24)9-10-22(20)23/h15-22,25H,4-14,24H2,1-3H3. The zero-order valence-corrected chi connectivity index (χ0v) is 17.4. The van der Waals surface area contributed by atoms with Crippen molar-refractivity contribution in [1.29, 1.82) is 0 Å².